The van der Waals surface area contributed by atoms with Gasteiger partial charge in [-0.1, -0.05) is 24.3 Å². The highest BCUT2D eigenvalue weighted by Gasteiger charge is 2.62. The Morgan fingerprint density at radius 2 is 1.91 bits per heavy atom. The number of amides is 4. The maximum atomic E-state index is 15.1. The molecule has 9 rings (SSSR count). The van der Waals surface area contributed by atoms with Gasteiger partial charge in [-0.3, -0.25) is 29.0 Å². The van der Waals surface area contributed by atoms with Gasteiger partial charge in [0.25, 0.3) is 11.8 Å². The Morgan fingerprint density at radius 1 is 1.06 bits per heavy atom. The summed E-state index contributed by atoms with van der Waals surface area (Å²) < 4.78 is 46.6. The smallest absolute Gasteiger partial charge is 0.269 e. The first-order chi connectivity index (χ1) is 30.8. The van der Waals surface area contributed by atoms with E-state index in [4.69, 9.17) is 24.2 Å². The number of anilines is 1. The summed E-state index contributed by atoms with van der Waals surface area (Å²) in [7, 11) is -2.41. The SMILES string of the molecule is COc1ccc2c(O[C@@H]3C[C@H]4C(=O)N[C@@]5(C(=O)NS(=O)(=O)C6CC6)CC5/C=C\COc5cccc(c5)C[C@@H](NC(=O)c5ccn[nH]5)C(=O)N4C3)cc(-c3csc(NC(C)C)n3)nc2c1. The molecule has 64 heavy (non-hydrogen) atoms. The van der Waals surface area contributed by atoms with Gasteiger partial charge in [-0.15, -0.1) is 11.3 Å². The van der Waals surface area contributed by atoms with Gasteiger partial charge in [-0.25, -0.2) is 18.4 Å². The van der Waals surface area contributed by atoms with Crippen LogP contribution in [0.3, 0.4) is 0 Å². The van der Waals surface area contributed by atoms with Gasteiger partial charge in [-0.2, -0.15) is 5.10 Å². The number of thiazole rings is 1. The van der Waals surface area contributed by atoms with Crippen molar-refractivity contribution in [3.8, 4) is 28.6 Å². The number of fused-ring (bicyclic) bond motifs is 5. The van der Waals surface area contributed by atoms with Gasteiger partial charge in [0.1, 0.15) is 59.0 Å². The van der Waals surface area contributed by atoms with Crippen molar-refractivity contribution in [2.24, 2.45) is 5.92 Å². The standard InChI is InChI=1S/C44H47N9O9S2/c1-24(2)46-43-49-36(23-63-43)34-20-38(31-12-9-27(60-3)18-33(31)47-34)62-29-19-37-40(55)50-44(42(57)52-64(58,59)30-10-11-30)21-26(44)7-5-15-61-28-8-4-6-25(16-28)17-35(41(56)53(37)22-29)48-39(54)32-13-14-45-51-32/h4-9,12-14,16,18,20,23-24,26,29-30,35,37H,10-11,15,17,19,21-22H2,1-3H3,(H,45,51)(H,46,49)(H,48,54)(H,50,55)(H,52,57)/b7-5-/t26?,29-,35-,37+,44+/m1/s1. The van der Waals surface area contributed by atoms with Gasteiger partial charge in [0.2, 0.25) is 21.8 Å². The lowest BCUT2D eigenvalue weighted by atomic mass is 10.0. The van der Waals surface area contributed by atoms with Gasteiger partial charge in [-0.05, 0) is 69.0 Å². The molecule has 334 valence electrons. The summed E-state index contributed by atoms with van der Waals surface area (Å²) in [6.45, 7) is 4.05. The van der Waals surface area contributed by atoms with Crippen molar-refractivity contribution in [2.75, 3.05) is 25.6 Å². The van der Waals surface area contributed by atoms with Crippen molar-refractivity contribution >= 4 is 61.0 Å². The van der Waals surface area contributed by atoms with Gasteiger partial charge >= 0.3 is 0 Å². The number of methoxy groups -OCH3 is 1. The Bertz CT molecular complexity index is 2760. The molecule has 5 aromatic rings. The number of nitrogens with zero attached hydrogens (tertiary/aromatic N) is 4. The molecule has 4 aliphatic rings. The maximum Gasteiger partial charge on any atom is 0.269 e. The van der Waals surface area contributed by atoms with Crippen LogP contribution in [0.5, 0.6) is 17.2 Å². The minimum Gasteiger partial charge on any atom is -0.497 e. The number of pyridine rings is 1. The Labute approximate surface area is 372 Å². The highest BCUT2D eigenvalue weighted by Crippen LogP contribution is 2.46. The van der Waals surface area contributed by atoms with Crippen LogP contribution < -0.4 is 34.9 Å². The van der Waals surface area contributed by atoms with Crippen LogP contribution in [0.2, 0.25) is 0 Å². The number of carbonyl (C=O) groups excluding carboxylic acids is 4. The third-order valence-electron chi connectivity index (χ3n) is 11.7. The first-order valence-corrected chi connectivity index (χ1v) is 23.5. The number of hydrogen-bond acceptors (Lipinski definition) is 14. The molecular weight excluding hydrogens is 863 g/mol. The summed E-state index contributed by atoms with van der Waals surface area (Å²) in [6, 6.07) is 13.5. The maximum absolute atomic E-state index is 15.1. The molecule has 0 radical (unpaired) electrons. The molecule has 5 N–H and O–H groups in total. The summed E-state index contributed by atoms with van der Waals surface area (Å²) in [4.78, 5) is 68.4. The van der Waals surface area contributed by atoms with E-state index in [1.54, 1.807) is 55.7 Å². The molecule has 2 aliphatic carbocycles. The van der Waals surface area contributed by atoms with Crippen LogP contribution in [-0.4, -0.2) is 112 Å². The Balaban J connectivity index is 1.09. The van der Waals surface area contributed by atoms with E-state index in [9.17, 15) is 22.8 Å². The molecule has 3 fully saturated rings. The van der Waals surface area contributed by atoms with E-state index in [0.717, 1.165) is 5.13 Å². The first kappa shape index (κ1) is 42.7. The molecule has 5 atom stereocenters. The van der Waals surface area contributed by atoms with Crippen molar-refractivity contribution in [1.29, 1.82) is 0 Å². The molecule has 5 heterocycles. The van der Waals surface area contributed by atoms with E-state index < -0.39 is 68.5 Å². The highest BCUT2D eigenvalue weighted by molar-refractivity contribution is 7.91. The van der Waals surface area contributed by atoms with Gasteiger partial charge in [0, 0.05) is 53.9 Å². The number of rotatable bonds is 11. The number of hydrogen-bond donors (Lipinski definition) is 5. The van der Waals surface area contributed by atoms with Crippen LogP contribution in [0.1, 0.15) is 55.6 Å². The monoisotopic (exact) mass is 909 g/mol. The Hall–Kier alpha value is -6.54. The number of aromatic nitrogens is 4. The zero-order chi connectivity index (χ0) is 44.8. The molecule has 0 spiro atoms. The molecule has 1 unspecified atom stereocenters. The molecule has 2 bridgehead atoms. The summed E-state index contributed by atoms with van der Waals surface area (Å²) in [5.41, 5.74) is 0.874. The van der Waals surface area contributed by atoms with Crippen LogP contribution in [0.15, 0.2) is 78.3 Å². The number of sulfonamides is 1. The lowest BCUT2D eigenvalue weighted by molar-refractivity contribution is -0.141. The Kier molecular flexibility index (Phi) is 11.5. The van der Waals surface area contributed by atoms with Crippen molar-refractivity contribution < 1.29 is 41.8 Å². The van der Waals surface area contributed by atoms with E-state index >= 15 is 4.79 Å². The van der Waals surface area contributed by atoms with E-state index in [1.165, 1.54) is 28.5 Å². The molecule has 3 aromatic heterocycles. The summed E-state index contributed by atoms with van der Waals surface area (Å²) in [5, 5.41) is 18.1. The Morgan fingerprint density at radius 3 is 2.67 bits per heavy atom. The average Bonchev–Trinajstić information content (AvgIpc) is 4.03. The van der Waals surface area contributed by atoms with E-state index in [-0.39, 0.29) is 44.1 Å². The molecule has 2 aliphatic heterocycles. The van der Waals surface area contributed by atoms with Crippen molar-refractivity contribution in [2.45, 2.75) is 81.0 Å². The largest absolute Gasteiger partial charge is 0.497 e. The lowest BCUT2D eigenvalue weighted by Gasteiger charge is -2.30. The fourth-order valence-electron chi connectivity index (χ4n) is 8.14. The first-order valence-electron chi connectivity index (χ1n) is 21.0. The quantitative estimate of drug-likeness (QED) is 0.119. The molecule has 2 aromatic carbocycles. The van der Waals surface area contributed by atoms with Crippen LogP contribution in [0, 0.1) is 5.92 Å². The van der Waals surface area contributed by atoms with E-state index in [0.29, 0.717) is 57.9 Å². The second-order valence-electron chi connectivity index (χ2n) is 16.7. The molecular formula is C44H47N9O9S2. The number of H-pyrrole nitrogens is 1. The zero-order valence-corrected chi connectivity index (χ0v) is 36.8. The van der Waals surface area contributed by atoms with Gasteiger partial charge in [0.15, 0.2) is 5.13 Å². The molecule has 4 amide bonds. The van der Waals surface area contributed by atoms with Crippen LogP contribution in [0.4, 0.5) is 5.13 Å². The number of carbonyl (C=O) groups is 4. The van der Waals surface area contributed by atoms with E-state index in [1.807, 2.05) is 31.4 Å². The fraction of sp³-hybridized carbons (Fsp3) is 0.386. The normalized spacial score (nSPS) is 23.9. The summed E-state index contributed by atoms with van der Waals surface area (Å²) in [5.74, 6) is -1.80. The number of nitrogens with one attached hydrogen (secondary N) is 5. The van der Waals surface area contributed by atoms with Crippen LogP contribution >= 0.6 is 11.3 Å². The third kappa shape index (κ3) is 8.96. The van der Waals surface area contributed by atoms with Crippen molar-refractivity contribution in [3.05, 3.63) is 89.6 Å². The average molecular weight is 910 g/mol. The highest BCUT2D eigenvalue weighted by atomic mass is 32.2. The van der Waals surface area contributed by atoms with Crippen LogP contribution in [-0.2, 0) is 30.8 Å². The molecule has 20 heteroatoms. The van der Waals surface area contributed by atoms with Gasteiger partial charge in [0.05, 0.1) is 30.1 Å². The minimum atomic E-state index is -3.97. The third-order valence-corrected chi connectivity index (χ3v) is 14.3. The van der Waals surface area contributed by atoms with Crippen LogP contribution in [0.25, 0.3) is 22.3 Å². The zero-order valence-electron chi connectivity index (χ0n) is 35.2. The second kappa shape index (κ2) is 17.2. The predicted octanol–water partition coefficient (Wildman–Crippen LogP) is 3.73. The van der Waals surface area contributed by atoms with Crippen molar-refractivity contribution in [1.82, 2.24) is 40.4 Å². The van der Waals surface area contributed by atoms with Crippen molar-refractivity contribution in [3.63, 3.8) is 0 Å². The predicted molar refractivity (Wildman–Crippen MR) is 236 cm³/mol. The summed E-state index contributed by atoms with van der Waals surface area (Å²) in [6.07, 6.45) is 5.07. The number of benzene rings is 2. The summed E-state index contributed by atoms with van der Waals surface area (Å²) >= 11 is 1.44. The molecule has 2 saturated carbocycles. The molecule has 1 saturated heterocycles. The van der Waals surface area contributed by atoms with Gasteiger partial charge < -0.3 is 35.1 Å². The topological polar surface area (TPSA) is 236 Å². The molecule has 18 nitrogen and oxygen atoms in total. The number of ether oxygens (including phenoxy) is 3. The van der Waals surface area contributed by atoms with E-state index in [2.05, 4.69) is 30.9 Å². The lowest BCUT2D eigenvalue weighted by Crippen LogP contribution is -2.58. The second-order valence-corrected chi connectivity index (χ2v) is 19.6. The fourth-order valence-corrected chi connectivity index (χ4v) is 10.4. The minimum absolute atomic E-state index is 0.0187. The number of aromatic amines is 1.